The molecule has 37 heavy (non-hydrogen) atoms. The standard InChI is InChI=1S/C23H24F3N7O4/c1-22(6-3-5-16(29-22)14-9-15(11-27-10-14)23(24,25)26)30-17(35)12-32-13-28-19-18(32)20(36)33(7-4-8-34)21(37)31(19)2/h3,5-6,9-11,13,29,34H,4,7-8,12H2,1-2H3,(H,30,35). The number of hydrogen-bond donors (Lipinski definition) is 3. The van der Waals surface area contributed by atoms with Crippen molar-refractivity contribution < 1.29 is 23.1 Å². The normalized spacial score (nSPS) is 17.5. The minimum Gasteiger partial charge on any atom is -0.396 e. The van der Waals surface area contributed by atoms with E-state index in [1.54, 1.807) is 25.2 Å². The van der Waals surface area contributed by atoms with Crippen LogP contribution >= 0.6 is 0 Å². The molecular formula is C23H24F3N7O4. The Kier molecular flexibility index (Phi) is 6.78. The Bertz CT molecular complexity index is 1530. The van der Waals surface area contributed by atoms with Crippen molar-refractivity contribution in [1.82, 2.24) is 34.3 Å². The Balaban J connectivity index is 1.55. The number of amides is 1. The Hall–Kier alpha value is -4.20. The third-order valence-corrected chi connectivity index (χ3v) is 5.82. The van der Waals surface area contributed by atoms with Gasteiger partial charge in [0, 0.05) is 43.9 Å². The topological polar surface area (TPSA) is 136 Å². The van der Waals surface area contributed by atoms with Gasteiger partial charge >= 0.3 is 11.9 Å². The summed E-state index contributed by atoms with van der Waals surface area (Å²) < 4.78 is 42.8. The summed E-state index contributed by atoms with van der Waals surface area (Å²) >= 11 is 0. The fourth-order valence-corrected chi connectivity index (χ4v) is 4.04. The van der Waals surface area contributed by atoms with Crippen LogP contribution in [-0.4, -0.2) is 47.0 Å². The molecule has 14 heteroatoms. The molecule has 0 fully saturated rings. The van der Waals surface area contributed by atoms with E-state index in [4.69, 9.17) is 5.11 Å². The third kappa shape index (κ3) is 5.18. The molecule has 1 aliphatic rings. The van der Waals surface area contributed by atoms with Crippen molar-refractivity contribution in [3.8, 4) is 0 Å². The summed E-state index contributed by atoms with van der Waals surface area (Å²) in [5, 5.41) is 14.8. The number of aliphatic hydroxyl groups excluding tert-OH is 1. The fourth-order valence-electron chi connectivity index (χ4n) is 4.04. The molecule has 4 rings (SSSR count). The summed E-state index contributed by atoms with van der Waals surface area (Å²) in [7, 11) is 1.45. The van der Waals surface area contributed by atoms with Gasteiger partial charge in [0.25, 0.3) is 5.56 Å². The number of nitrogens with zero attached hydrogens (tertiary/aromatic N) is 5. The molecule has 3 aromatic heterocycles. The number of aromatic nitrogens is 5. The molecule has 0 aliphatic carbocycles. The van der Waals surface area contributed by atoms with Crippen molar-refractivity contribution in [2.75, 3.05) is 6.61 Å². The molecule has 11 nitrogen and oxygen atoms in total. The van der Waals surface area contributed by atoms with Crippen molar-refractivity contribution in [1.29, 1.82) is 0 Å². The van der Waals surface area contributed by atoms with Gasteiger partial charge in [0.1, 0.15) is 12.2 Å². The second-order valence-corrected chi connectivity index (χ2v) is 8.70. The highest BCUT2D eigenvalue weighted by molar-refractivity contribution is 5.80. The van der Waals surface area contributed by atoms with E-state index in [1.165, 1.54) is 28.7 Å². The second kappa shape index (κ2) is 9.69. The molecule has 0 spiro atoms. The SMILES string of the molecule is Cn1c(=O)n(CCCO)c(=O)c2c1ncn2CC(=O)NC1(C)C=CC=C(c2cncc(C(F)(F)F)c2)N1. The Morgan fingerprint density at radius 2 is 2.03 bits per heavy atom. The molecule has 3 N–H and O–H groups in total. The van der Waals surface area contributed by atoms with E-state index in [-0.39, 0.29) is 42.8 Å². The van der Waals surface area contributed by atoms with Crippen LogP contribution in [0, 0.1) is 0 Å². The minimum atomic E-state index is -4.56. The zero-order valence-electron chi connectivity index (χ0n) is 19.9. The van der Waals surface area contributed by atoms with Crippen molar-refractivity contribution in [3.05, 3.63) is 75.0 Å². The van der Waals surface area contributed by atoms with E-state index in [9.17, 15) is 27.6 Å². The zero-order valence-corrected chi connectivity index (χ0v) is 19.9. The molecule has 0 saturated heterocycles. The van der Waals surface area contributed by atoms with Crippen LogP contribution in [0.4, 0.5) is 13.2 Å². The molecule has 1 amide bonds. The van der Waals surface area contributed by atoms with Crippen molar-refractivity contribution in [3.63, 3.8) is 0 Å². The number of dihydropyridines is 1. The lowest BCUT2D eigenvalue weighted by atomic mass is 10.0. The maximum absolute atomic E-state index is 13.1. The highest BCUT2D eigenvalue weighted by Gasteiger charge is 2.32. The second-order valence-electron chi connectivity index (χ2n) is 8.70. The number of carbonyl (C=O) groups excluding carboxylic acids is 1. The van der Waals surface area contributed by atoms with Gasteiger partial charge in [0.15, 0.2) is 11.2 Å². The summed E-state index contributed by atoms with van der Waals surface area (Å²) in [4.78, 5) is 46.2. The number of fused-ring (bicyclic) bond motifs is 1. The van der Waals surface area contributed by atoms with Gasteiger partial charge in [-0.25, -0.2) is 9.78 Å². The Labute approximate surface area is 207 Å². The van der Waals surface area contributed by atoms with E-state index in [2.05, 4.69) is 20.6 Å². The number of carbonyl (C=O) groups is 1. The number of aryl methyl sites for hydroxylation is 1. The first-order valence-electron chi connectivity index (χ1n) is 11.2. The Morgan fingerprint density at radius 1 is 1.27 bits per heavy atom. The molecule has 0 radical (unpaired) electrons. The molecule has 196 valence electrons. The lowest BCUT2D eigenvalue weighted by molar-refractivity contribution is -0.137. The van der Waals surface area contributed by atoms with E-state index >= 15 is 0 Å². The van der Waals surface area contributed by atoms with Crippen LogP contribution in [0.1, 0.15) is 24.5 Å². The van der Waals surface area contributed by atoms with Crippen LogP contribution in [0.2, 0.25) is 0 Å². The number of pyridine rings is 1. The molecule has 0 saturated carbocycles. The van der Waals surface area contributed by atoms with Gasteiger partial charge in [-0.1, -0.05) is 6.08 Å². The lowest BCUT2D eigenvalue weighted by Crippen LogP contribution is -2.56. The van der Waals surface area contributed by atoms with Crippen molar-refractivity contribution in [2.45, 2.75) is 38.3 Å². The molecule has 4 heterocycles. The summed E-state index contributed by atoms with van der Waals surface area (Å²) in [6.45, 7) is 1.09. The quantitative estimate of drug-likeness (QED) is 0.419. The number of alkyl halides is 3. The first-order valence-corrected chi connectivity index (χ1v) is 11.2. The van der Waals surface area contributed by atoms with Gasteiger partial charge in [-0.2, -0.15) is 13.2 Å². The number of allylic oxidation sites excluding steroid dienone is 2. The van der Waals surface area contributed by atoms with Crippen LogP contribution < -0.4 is 21.9 Å². The molecule has 1 unspecified atom stereocenters. The number of rotatable bonds is 7. The maximum Gasteiger partial charge on any atom is 0.417 e. The lowest BCUT2D eigenvalue weighted by Gasteiger charge is -2.33. The molecular weight excluding hydrogens is 495 g/mol. The zero-order chi connectivity index (χ0) is 27.0. The first-order chi connectivity index (χ1) is 17.4. The molecule has 3 aromatic rings. The average Bonchev–Trinajstić information content (AvgIpc) is 3.25. The molecule has 0 bridgehead atoms. The summed E-state index contributed by atoms with van der Waals surface area (Å²) in [6.07, 6.45) is 3.69. The van der Waals surface area contributed by atoms with Crippen LogP contribution in [-0.2, 0) is 31.1 Å². The highest BCUT2D eigenvalue weighted by atomic mass is 19.4. The molecule has 1 aliphatic heterocycles. The van der Waals surface area contributed by atoms with E-state index in [1.807, 2.05) is 0 Å². The van der Waals surface area contributed by atoms with E-state index < -0.39 is 34.6 Å². The summed E-state index contributed by atoms with van der Waals surface area (Å²) in [5.41, 5.74) is -2.65. The van der Waals surface area contributed by atoms with E-state index in [0.717, 1.165) is 16.8 Å². The van der Waals surface area contributed by atoms with E-state index in [0.29, 0.717) is 5.70 Å². The van der Waals surface area contributed by atoms with Gasteiger partial charge in [-0.05, 0) is 31.6 Å². The van der Waals surface area contributed by atoms with Gasteiger partial charge in [0.05, 0.1) is 11.9 Å². The molecule has 1 atom stereocenters. The predicted molar refractivity (Wildman–Crippen MR) is 127 cm³/mol. The van der Waals surface area contributed by atoms with Crippen LogP contribution in [0.15, 0.2) is 52.6 Å². The minimum absolute atomic E-state index is 0.00160. The van der Waals surface area contributed by atoms with Crippen LogP contribution in [0.3, 0.4) is 0 Å². The monoisotopic (exact) mass is 519 g/mol. The number of nitrogens with one attached hydrogen (secondary N) is 2. The van der Waals surface area contributed by atoms with Gasteiger partial charge in [-0.3, -0.25) is 23.7 Å². The number of halogens is 3. The van der Waals surface area contributed by atoms with Crippen LogP contribution in [0.25, 0.3) is 16.9 Å². The van der Waals surface area contributed by atoms with Gasteiger partial charge in [0.2, 0.25) is 5.91 Å². The van der Waals surface area contributed by atoms with Crippen molar-refractivity contribution in [2.24, 2.45) is 7.05 Å². The number of hydrogen-bond acceptors (Lipinski definition) is 7. The predicted octanol–water partition coefficient (Wildman–Crippen LogP) is 0.726. The molecule has 0 aromatic carbocycles. The van der Waals surface area contributed by atoms with Crippen molar-refractivity contribution >= 4 is 22.8 Å². The largest absolute Gasteiger partial charge is 0.417 e. The van der Waals surface area contributed by atoms with Gasteiger partial charge < -0.3 is 20.3 Å². The fraction of sp³-hybridized carbons (Fsp3) is 0.348. The smallest absolute Gasteiger partial charge is 0.396 e. The summed E-state index contributed by atoms with van der Waals surface area (Å²) in [5.74, 6) is -0.530. The Morgan fingerprint density at radius 3 is 2.73 bits per heavy atom. The first kappa shape index (κ1) is 25.9. The maximum atomic E-state index is 13.1. The third-order valence-electron chi connectivity index (χ3n) is 5.82. The highest BCUT2D eigenvalue weighted by Crippen LogP contribution is 2.30. The van der Waals surface area contributed by atoms with Crippen LogP contribution in [0.5, 0.6) is 0 Å². The van der Waals surface area contributed by atoms with Gasteiger partial charge in [-0.15, -0.1) is 0 Å². The average molecular weight is 519 g/mol. The summed E-state index contributed by atoms with van der Waals surface area (Å²) in [6, 6.07) is 0.955. The number of aliphatic hydroxyl groups is 1. The number of imidazole rings is 1.